The first-order chi connectivity index (χ1) is 17.3. The summed E-state index contributed by atoms with van der Waals surface area (Å²) in [5.74, 6) is 0. The highest BCUT2D eigenvalue weighted by Crippen LogP contribution is 2.36. The predicted molar refractivity (Wildman–Crippen MR) is 144 cm³/mol. The van der Waals surface area contributed by atoms with E-state index in [1.807, 2.05) is 6.08 Å². The van der Waals surface area contributed by atoms with Gasteiger partial charge in [0.2, 0.25) is 0 Å². The van der Waals surface area contributed by atoms with Crippen LogP contribution in [0.15, 0.2) is 97.1 Å². The van der Waals surface area contributed by atoms with Crippen LogP contribution in [0.25, 0.3) is 56.7 Å². The number of H-pyrrole nitrogens is 2. The van der Waals surface area contributed by atoms with Crippen LogP contribution in [0.2, 0.25) is 0 Å². The maximum atomic E-state index is 5.06. The van der Waals surface area contributed by atoms with E-state index in [1.54, 1.807) is 0 Å². The number of nitrogens with zero attached hydrogens (tertiary/aromatic N) is 2. The normalized spacial score (nSPS) is 12.0. The third kappa shape index (κ3) is 3.75. The average Bonchev–Trinajstić information content (AvgIpc) is 3.65. The summed E-state index contributed by atoms with van der Waals surface area (Å²) in [5.41, 5.74) is 12.7. The second-order valence-electron chi connectivity index (χ2n) is 9.00. The van der Waals surface area contributed by atoms with Crippen molar-refractivity contribution in [1.29, 1.82) is 0 Å². The molecule has 7 rings (SSSR count). The summed E-state index contributed by atoms with van der Waals surface area (Å²) in [6.45, 7) is 0. The average molecular weight is 451 g/mol. The number of nitrogens with one attached hydrogen (secondary N) is 2. The Morgan fingerprint density at radius 1 is 0.543 bits per heavy atom. The van der Waals surface area contributed by atoms with E-state index < -0.39 is 0 Å². The first kappa shape index (κ1) is 19.7. The molecule has 0 spiro atoms. The molecule has 5 aromatic rings. The van der Waals surface area contributed by atoms with Gasteiger partial charge >= 0.3 is 0 Å². The van der Waals surface area contributed by atoms with Gasteiger partial charge in [0.15, 0.2) is 0 Å². The van der Waals surface area contributed by atoms with Crippen LogP contribution in [0.3, 0.4) is 0 Å². The van der Waals surface area contributed by atoms with E-state index in [1.165, 1.54) is 11.1 Å². The van der Waals surface area contributed by atoms with E-state index in [9.17, 15) is 0 Å². The standard InChI is InChI=1S/C31H22N4/c1-2-6-20(7-3-1)14-21-15-26-17-24-11-10-22(32-24)16-23-12-13-25(33-23)18-30-27-8-4-5-9-28(27)31(35-30)19-29(21)34-26/h1-13,15-19,33-34H,14H2. The molecule has 0 fully saturated rings. The van der Waals surface area contributed by atoms with Crippen LogP contribution in [0, 0.1) is 0 Å². The molecular formula is C31H22N4. The quantitative estimate of drug-likeness (QED) is 0.288. The fourth-order valence-corrected chi connectivity index (χ4v) is 4.86. The molecule has 0 atom stereocenters. The molecule has 5 heterocycles. The monoisotopic (exact) mass is 450 g/mol. The van der Waals surface area contributed by atoms with E-state index >= 15 is 0 Å². The zero-order valence-corrected chi connectivity index (χ0v) is 19.0. The molecule has 0 saturated carbocycles. The van der Waals surface area contributed by atoms with Gasteiger partial charge in [0, 0.05) is 33.2 Å². The highest BCUT2D eigenvalue weighted by molar-refractivity contribution is 5.88. The Hall–Kier alpha value is -4.70. The lowest BCUT2D eigenvalue weighted by Crippen LogP contribution is -1.85. The van der Waals surface area contributed by atoms with Gasteiger partial charge < -0.3 is 9.97 Å². The van der Waals surface area contributed by atoms with E-state index in [0.717, 1.165) is 62.4 Å². The first-order valence-corrected chi connectivity index (χ1v) is 11.8. The molecule has 0 amide bonds. The molecule has 0 radical (unpaired) electrons. The van der Waals surface area contributed by atoms with Crippen LogP contribution in [0.4, 0.5) is 0 Å². The smallest absolute Gasteiger partial charge is 0.0737 e. The van der Waals surface area contributed by atoms with Crippen molar-refractivity contribution in [2.45, 2.75) is 6.42 Å². The molecule has 0 saturated heterocycles. The Kier molecular flexibility index (Phi) is 4.49. The molecule has 0 unspecified atom stereocenters. The van der Waals surface area contributed by atoms with Crippen LogP contribution in [0.5, 0.6) is 0 Å². The third-order valence-electron chi connectivity index (χ3n) is 6.51. The van der Waals surface area contributed by atoms with Gasteiger partial charge in [-0.05, 0) is 72.2 Å². The minimum Gasteiger partial charge on any atom is -0.355 e. The zero-order valence-electron chi connectivity index (χ0n) is 19.0. The number of aromatic nitrogens is 4. The molecule has 35 heavy (non-hydrogen) atoms. The lowest BCUT2D eigenvalue weighted by Gasteiger charge is -2.00. The fraction of sp³-hybridized carbons (Fsp3) is 0.0323. The van der Waals surface area contributed by atoms with Crippen molar-refractivity contribution in [3.63, 3.8) is 0 Å². The van der Waals surface area contributed by atoms with Gasteiger partial charge in [-0.1, -0.05) is 54.6 Å². The predicted octanol–water partition coefficient (Wildman–Crippen LogP) is 7.41. The number of benzene rings is 2. The van der Waals surface area contributed by atoms with Gasteiger partial charge in [-0.2, -0.15) is 0 Å². The molecule has 4 heteroatoms. The molecule has 2 aliphatic rings. The van der Waals surface area contributed by atoms with Crippen molar-refractivity contribution in [3.8, 4) is 22.5 Å². The molecule has 166 valence electrons. The van der Waals surface area contributed by atoms with Gasteiger partial charge in [-0.25, -0.2) is 9.97 Å². The summed E-state index contributed by atoms with van der Waals surface area (Å²) in [6.07, 6.45) is 4.94. The number of hydrogen-bond donors (Lipinski definition) is 2. The van der Waals surface area contributed by atoms with Gasteiger partial charge in [-0.15, -0.1) is 0 Å². The third-order valence-corrected chi connectivity index (χ3v) is 6.51. The molecule has 3 aromatic heterocycles. The molecular weight excluding hydrogens is 428 g/mol. The second kappa shape index (κ2) is 7.96. The van der Waals surface area contributed by atoms with Gasteiger partial charge in [-0.3, -0.25) is 0 Å². The van der Waals surface area contributed by atoms with Gasteiger partial charge in [0.25, 0.3) is 0 Å². The van der Waals surface area contributed by atoms with E-state index in [2.05, 4.69) is 113 Å². The maximum absolute atomic E-state index is 5.06. The van der Waals surface area contributed by atoms with Crippen molar-refractivity contribution in [1.82, 2.24) is 19.9 Å². The zero-order chi connectivity index (χ0) is 23.2. The van der Waals surface area contributed by atoms with Crippen molar-refractivity contribution >= 4 is 34.2 Å². The van der Waals surface area contributed by atoms with Crippen LogP contribution < -0.4 is 0 Å². The van der Waals surface area contributed by atoms with Crippen LogP contribution in [-0.4, -0.2) is 19.9 Å². The summed E-state index contributed by atoms with van der Waals surface area (Å²) in [6, 6.07) is 33.9. The summed E-state index contributed by atoms with van der Waals surface area (Å²) < 4.78 is 0. The lowest BCUT2D eigenvalue weighted by molar-refractivity contribution is 1.22. The Bertz CT molecular complexity index is 1770. The molecule has 2 aliphatic heterocycles. The summed E-state index contributed by atoms with van der Waals surface area (Å²) in [7, 11) is 0. The number of hydrogen-bond acceptors (Lipinski definition) is 2. The van der Waals surface area contributed by atoms with Crippen molar-refractivity contribution in [3.05, 3.63) is 120 Å². The van der Waals surface area contributed by atoms with Crippen molar-refractivity contribution < 1.29 is 0 Å². The summed E-state index contributed by atoms with van der Waals surface area (Å²) >= 11 is 0. The molecule has 0 aliphatic carbocycles. The first-order valence-electron chi connectivity index (χ1n) is 11.8. The minimum atomic E-state index is 0.840. The SMILES string of the molecule is C1=Cc2cc3cc(Cc4ccccc4)c(cc4nc(cc5ccc(cc1n2)[nH]5)-c1ccccc1-4)[nH]3. The number of fused-ring (bicyclic) bond motifs is 11. The van der Waals surface area contributed by atoms with Gasteiger partial charge in [0.05, 0.1) is 22.8 Å². The van der Waals surface area contributed by atoms with E-state index in [0.29, 0.717) is 0 Å². The van der Waals surface area contributed by atoms with Crippen LogP contribution >= 0.6 is 0 Å². The molecule has 2 aromatic carbocycles. The van der Waals surface area contributed by atoms with Crippen LogP contribution in [0.1, 0.15) is 22.5 Å². The molecule has 8 bridgehead atoms. The minimum absolute atomic E-state index is 0.840. The maximum Gasteiger partial charge on any atom is 0.0737 e. The Morgan fingerprint density at radius 2 is 1.20 bits per heavy atom. The fourth-order valence-electron chi connectivity index (χ4n) is 4.86. The van der Waals surface area contributed by atoms with Crippen molar-refractivity contribution in [2.75, 3.05) is 0 Å². The van der Waals surface area contributed by atoms with E-state index in [4.69, 9.17) is 9.97 Å². The number of rotatable bonds is 2. The Labute approximate surface area is 202 Å². The molecule has 4 nitrogen and oxygen atoms in total. The topological polar surface area (TPSA) is 57.4 Å². The van der Waals surface area contributed by atoms with Crippen molar-refractivity contribution in [2.24, 2.45) is 0 Å². The lowest BCUT2D eigenvalue weighted by atomic mass is 10.0. The number of aromatic amines is 2. The van der Waals surface area contributed by atoms with Gasteiger partial charge in [0.1, 0.15) is 0 Å². The van der Waals surface area contributed by atoms with Crippen LogP contribution in [-0.2, 0) is 6.42 Å². The second-order valence-corrected chi connectivity index (χ2v) is 9.00. The summed E-state index contributed by atoms with van der Waals surface area (Å²) in [4.78, 5) is 17.0. The Balaban J connectivity index is 1.54. The van der Waals surface area contributed by atoms with E-state index in [-0.39, 0.29) is 0 Å². The molecule has 2 N–H and O–H groups in total. The highest BCUT2D eigenvalue weighted by Gasteiger charge is 2.16. The largest absolute Gasteiger partial charge is 0.355 e. The summed E-state index contributed by atoms with van der Waals surface area (Å²) in [5, 5.41) is 0. The highest BCUT2D eigenvalue weighted by atomic mass is 14.8. The Morgan fingerprint density at radius 3 is 1.97 bits per heavy atom.